The van der Waals surface area contributed by atoms with E-state index in [2.05, 4.69) is 10.4 Å². The van der Waals surface area contributed by atoms with Gasteiger partial charge in [-0.2, -0.15) is 5.10 Å². The van der Waals surface area contributed by atoms with Crippen LogP contribution >= 0.6 is 0 Å². The number of carbonyl (C=O) groups is 1. The van der Waals surface area contributed by atoms with Crippen LogP contribution < -0.4 is 5.32 Å². The second-order valence-corrected chi connectivity index (χ2v) is 5.60. The van der Waals surface area contributed by atoms with Crippen molar-refractivity contribution in [3.05, 3.63) is 55.4 Å². The molecule has 1 heterocycles. The van der Waals surface area contributed by atoms with Crippen molar-refractivity contribution in [1.82, 2.24) is 9.78 Å². The highest BCUT2D eigenvalue weighted by Gasteiger charge is 2.23. The molecule has 2 rings (SSSR count). The molecule has 2 aromatic rings. The van der Waals surface area contributed by atoms with Crippen LogP contribution in [0.1, 0.15) is 23.4 Å². The normalized spacial score (nSPS) is 10.5. The fourth-order valence-corrected chi connectivity index (χ4v) is 2.47. The van der Waals surface area contributed by atoms with Crippen molar-refractivity contribution in [2.45, 2.75) is 33.7 Å². The van der Waals surface area contributed by atoms with Gasteiger partial charge < -0.3 is 5.32 Å². The van der Waals surface area contributed by atoms with Gasteiger partial charge in [-0.3, -0.25) is 29.7 Å². The Hall–Kier alpha value is -3.30. The Morgan fingerprint density at radius 1 is 1.12 bits per heavy atom. The summed E-state index contributed by atoms with van der Waals surface area (Å²) in [6.07, 6.45) is 0.0808. The number of benzene rings is 1. The number of nitro benzene ring substituents is 2. The fourth-order valence-electron chi connectivity index (χ4n) is 2.47. The van der Waals surface area contributed by atoms with Crippen LogP contribution in [0.4, 0.5) is 17.1 Å². The van der Waals surface area contributed by atoms with Gasteiger partial charge in [-0.1, -0.05) is 0 Å². The summed E-state index contributed by atoms with van der Waals surface area (Å²) >= 11 is 0. The van der Waals surface area contributed by atoms with Gasteiger partial charge in [0.1, 0.15) is 5.56 Å². The lowest BCUT2D eigenvalue weighted by Crippen LogP contribution is -2.16. The van der Waals surface area contributed by atoms with E-state index < -0.39 is 27.1 Å². The van der Waals surface area contributed by atoms with Crippen molar-refractivity contribution < 1.29 is 14.6 Å². The van der Waals surface area contributed by atoms with E-state index in [0.29, 0.717) is 6.54 Å². The average molecular weight is 347 g/mol. The van der Waals surface area contributed by atoms with E-state index in [0.717, 1.165) is 23.5 Å². The monoisotopic (exact) mass is 347 g/mol. The van der Waals surface area contributed by atoms with Crippen LogP contribution in [-0.4, -0.2) is 25.5 Å². The summed E-state index contributed by atoms with van der Waals surface area (Å²) in [6, 6.07) is 4.11. The maximum Gasteiger partial charge on any atom is 0.281 e. The molecule has 0 fully saturated rings. The third kappa shape index (κ3) is 4.16. The lowest BCUT2D eigenvalue weighted by Gasteiger charge is -2.08. The molecular formula is C15H17N5O5. The number of anilines is 1. The van der Waals surface area contributed by atoms with E-state index in [9.17, 15) is 25.0 Å². The number of rotatable bonds is 6. The lowest BCUT2D eigenvalue weighted by molar-refractivity contribution is -0.395. The van der Waals surface area contributed by atoms with Crippen LogP contribution in [0.3, 0.4) is 0 Å². The number of carbonyl (C=O) groups excluding carboxylic acids is 1. The first-order valence-corrected chi connectivity index (χ1v) is 7.43. The van der Waals surface area contributed by atoms with Crippen molar-refractivity contribution >= 4 is 23.0 Å². The van der Waals surface area contributed by atoms with E-state index in [1.54, 1.807) is 4.68 Å². The topological polar surface area (TPSA) is 133 Å². The number of aromatic nitrogens is 2. The molecule has 1 aromatic heterocycles. The number of nitrogens with one attached hydrogen (secondary N) is 1. The van der Waals surface area contributed by atoms with E-state index in [-0.39, 0.29) is 17.7 Å². The zero-order valence-corrected chi connectivity index (χ0v) is 14.0. The first-order valence-electron chi connectivity index (χ1n) is 7.43. The Labute approximate surface area is 142 Å². The van der Waals surface area contributed by atoms with Gasteiger partial charge in [-0.15, -0.1) is 0 Å². The molecule has 0 bridgehead atoms. The van der Waals surface area contributed by atoms with Crippen LogP contribution in [0, 0.1) is 41.0 Å². The molecule has 10 heteroatoms. The molecular weight excluding hydrogens is 330 g/mol. The van der Waals surface area contributed by atoms with Gasteiger partial charge in [0.15, 0.2) is 0 Å². The average Bonchev–Trinajstić information content (AvgIpc) is 2.84. The zero-order valence-electron chi connectivity index (χ0n) is 14.0. The zero-order chi connectivity index (χ0) is 18.7. The number of aryl methyl sites for hydroxylation is 3. The second-order valence-electron chi connectivity index (χ2n) is 5.60. The second kappa shape index (κ2) is 7.07. The van der Waals surface area contributed by atoms with E-state index in [4.69, 9.17) is 0 Å². The number of nitro groups is 2. The summed E-state index contributed by atoms with van der Waals surface area (Å²) in [6.45, 7) is 5.34. The largest absolute Gasteiger partial charge is 0.326 e. The highest BCUT2D eigenvalue weighted by Crippen LogP contribution is 2.31. The molecule has 0 aliphatic rings. The summed E-state index contributed by atoms with van der Waals surface area (Å²) in [5.41, 5.74) is 0.874. The van der Waals surface area contributed by atoms with Gasteiger partial charge in [0.2, 0.25) is 5.91 Å². The smallest absolute Gasteiger partial charge is 0.281 e. The van der Waals surface area contributed by atoms with Crippen LogP contribution in [-0.2, 0) is 11.3 Å². The van der Waals surface area contributed by atoms with E-state index in [1.165, 1.54) is 6.92 Å². The third-order valence-electron chi connectivity index (χ3n) is 3.68. The van der Waals surface area contributed by atoms with Crippen molar-refractivity contribution in [2.24, 2.45) is 0 Å². The molecule has 25 heavy (non-hydrogen) atoms. The summed E-state index contributed by atoms with van der Waals surface area (Å²) in [7, 11) is 0. The minimum absolute atomic E-state index is 0.0161. The molecule has 0 saturated heterocycles. The standard InChI is InChI=1S/C15H17N5O5/c1-9-6-10(2)18(17-9)5-4-15(21)16-12-7-13(19(22)23)11(3)14(8-12)20(24)25/h6-8H,4-5H2,1-3H3,(H,16,21). The Morgan fingerprint density at radius 3 is 2.12 bits per heavy atom. The molecule has 0 radical (unpaired) electrons. The van der Waals surface area contributed by atoms with Gasteiger partial charge in [0.05, 0.1) is 21.2 Å². The van der Waals surface area contributed by atoms with Crippen molar-refractivity contribution in [2.75, 3.05) is 5.32 Å². The Kier molecular flexibility index (Phi) is 5.11. The third-order valence-corrected chi connectivity index (χ3v) is 3.68. The lowest BCUT2D eigenvalue weighted by atomic mass is 10.1. The van der Waals surface area contributed by atoms with Gasteiger partial charge >= 0.3 is 0 Å². The van der Waals surface area contributed by atoms with Crippen LogP contribution in [0.15, 0.2) is 18.2 Å². The van der Waals surface area contributed by atoms with Gasteiger partial charge in [-0.05, 0) is 26.8 Å². The first kappa shape index (κ1) is 18.0. The quantitative estimate of drug-likeness (QED) is 0.630. The molecule has 1 N–H and O–H groups in total. The van der Waals surface area contributed by atoms with Crippen LogP contribution in [0.25, 0.3) is 0 Å². The minimum Gasteiger partial charge on any atom is -0.326 e. The molecule has 0 saturated carbocycles. The van der Waals surface area contributed by atoms with Crippen LogP contribution in [0.2, 0.25) is 0 Å². The number of hydrogen-bond acceptors (Lipinski definition) is 6. The molecule has 0 aliphatic heterocycles. The molecule has 10 nitrogen and oxygen atoms in total. The maximum atomic E-state index is 12.1. The van der Waals surface area contributed by atoms with Gasteiger partial charge in [0, 0.05) is 30.8 Å². The van der Waals surface area contributed by atoms with Crippen molar-refractivity contribution in [3.8, 4) is 0 Å². The minimum atomic E-state index is -0.714. The molecule has 0 aliphatic carbocycles. The summed E-state index contributed by atoms with van der Waals surface area (Å²) in [4.78, 5) is 32.7. The van der Waals surface area contributed by atoms with E-state index >= 15 is 0 Å². The number of hydrogen-bond donors (Lipinski definition) is 1. The Morgan fingerprint density at radius 2 is 1.68 bits per heavy atom. The maximum absolute atomic E-state index is 12.1. The highest BCUT2D eigenvalue weighted by atomic mass is 16.6. The van der Waals surface area contributed by atoms with Gasteiger partial charge in [0.25, 0.3) is 11.4 Å². The van der Waals surface area contributed by atoms with Crippen LogP contribution in [0.5, 0.6) is 0 Å². The molecule has 0 atom stereocenters. The number of amides is 1. The predicted molar refractivity (Wildman–Crippen MR) is 89.4 cm³/mol. The Bertz CT molecular complexity index is 823. The van der Waals surface area contributed by atoms with E-state index in [1.807, 2.05) is 19.9 Å². The highest BCUT2D eigenvalue weighted by molar-refractivity contribution is 5.91. The van der Waals surface area contributed by atoms with Crippen molar-refractivity contribution in [3.63, 3.8) is 0 Å². The molecule has 132 valence electrons. The fraction of sp³-hybridized carbons (Fsp3) is 0.333. The molecule has 1 amide bonds. The van der Waals surface area contributed by atoms with Crippen molar-refractivity contribution in [1.29, 1.82) is 0 Å². The summed E-state index contributed by atoms with van der Waals surface area (Å²) < 4.78 is 1.68. The Balaban J connectivity index is 2.16. The summed E-state index contributed by atoms with van der Waals surface area (Å²) in [5.74, 6) is -0.417. The predicted octanol–water partition coefficient (Wildman–Crippen LogP) is 2.65. The molecule has 0 unspecified atom stereocenters. The van der Waals surface area contributed by atoms with Gasteiger partial charge in [-0.25, -0.2) is 0 Å². The first-order chi connectivity index (χ1) is 11.7. The number of nitrogens with zero attached hydrogens (tertiary/aromatic N) is 4. The summed E-state index contributed by atoms with van der Waals surface area (Å²) in [5, 5.41) is 28.8. The SMILES string of the molecule is Cc1cc(C)n(CCC(=O)Nc2cc([N+](=O)[O-])c(C)c([N+](=O)[O-])c2)n1. The molecule has 1 aromatic carbocycles. The molecule has 0 spiro atoms.